The highest BCUT2D eigenvalue weighted by molar-refractivity contribution is 6.16. The summed E-state index contributed by atoms with van der Waals surface area (Å²) in [5.41, 5.74) is 0.793. The van der Waals surface area contributed by atoms with Crippen LogP contribution in [-0.4, -0.2) is 57.7 Å². The van der Waals surface area contributed by atoms with Crippen LogP contribution in [0, 0.1) is 10.1 Å². The molecular formula is C25H25N3O6. The van der Waals surface area contributed by atoms with Crippen LogP contribution < -0.4 is 0 Å². The summed E-state index contributed by atoms with van der Waals surface area (Å²) in [6.45, 7) is 6.39. The van der Waals surface area contributed by atoms with Gasteiger partial charge in [0.15, 0.2) is 11.5 Å². The minimum Gasteiger partial charge on any atom is -0.503 e. The molecule has 1 N–H and O–H groups in total. The molecule has 1 atom stereocenters. The van der Waals surface area contributed by atoms with E-state index in [1.807, 2.05) is 19.9 Å². The molecule has 176 valence electrons. The number of aliphatic hydroxyl groups excluding tert-OH is 1. The average Bonchev–Trinajstić information content (AvgIpc) is 3.39. The number of likely N-dealkylation sites (N-methyl/N-ethyl adjacent to an activating group) is 1. The molecule has 1 aliphatic heterocycles. The predicted octanol–water partition coefficient (Wildman–Crippen LogP) is 4.26. The number of hydrogen-bond acceptors (Lipinski definition) is 7. The lowest BCUT2D eigenvalue weighted by atomic mass is 9.95. The van der Waals surface area contributed by atoms with Crippen LogP contribution in [0.1, 0.15) is 36.0 Å². The lowest BCUT2D eigenvalue weighted by molar-refractivity contribution is -0.384. The van der Waals surface area contributed by atoms with Crippen molar-refractivity contribution < 1.29 is 24.0 Å². The minimum atomic E-state index is -0.899. The molecule has 9 heteroatoms. The van der Waals surface area contributed by atoms with Crippen molar-refractivity contribution in [2.24, 2.45) is 0 Å². The van der Waals surface area contributed by atoms with Crippen LogP contribution in [-0.2, 0) is 4.79 Å². The smallest absolute Gasteiger partial charge is 0.290 e. The van der Waals surface area contributed by atoms with Crippen LogP contribution >= 0.6 is 0 Å². The Morgan fingerprint density at radius 1 is 1.15 bits per heavy atom. The van der Waals surface area contributed by atoms with Crippen LogP contribution in [0.3, 0.4) is 0 Å². The molecular weight excluding hydrogens is 438 g/mol. The number of nitro groups is 1. The number of fused-ring (bicyclic) bond motifs is 1. The summed E-state index contributed by atoms with van der Waals surface area (Å²) < 4.78 is 5.71. The van der Waals surface area contributed by atoms with Crippen molar-refractivity contribution in [1.82, 2.24) is 9.80 Å². The summed E-state index contributed by atoms with van der Waals surface area (Å²) in [4.78, 5) is 40.7. The lowest BCUT2D eigenvalue weighted by Gasteiger charge is -2.29. The zero-order valence-corrected chi connectivity index (χ0v) is 18.9. The van der Waals surface area contributed by atoms with Gasteiger partial charge in [-0.25, -0.2) is 0 Å². The summed E-state index contributed by atoms with van der Waals surface area (Å²) in [6, 6.07) is 13.5. The predicted molar refractivity (Wildman–Crippen MR) is 126 cm³/mol. The molecule has 0 unspecified atom stereocenters. The maximum atomic E-state index is 13.5. The summed E-state index contributed by atoms with van der Waals surface area (Å²) in [5, 5.41) is 22.6. The molecule has 3 aromatic rings. The van der Waals surface area contributed by atoms with Gasteiger partial charge in [-0.15, -0.1) is 0 Å². The van der Waals surface area contributed by atoms with Gasteiger partial charge in [0.2, 0.25) is 5.78 Å². The Hall–Kier alpha value is -3.98. The molecule has 2 heterocycles. The Labute approximate surface area is 196 Å². The number of non-ortho nitro benzene ring substituents is 1. The SMILES string of the molecule is CCN(CC)CCN1C(=O)C(O)=C(C(=O)c2cc3ccccc3o2)[C@@H]1c1ccc([N+](=O)[O-])cc1. The second kappa shape index (κ2) is 9.48. The number of nitro benzene ring substituents is 1. The topological polar surface area (TPSA) is 117 Å². The summed E-state index contributed by atoms with van der Waals surface area (Å²) in [5.74, 6) is -1.88. The van der Waals surface area contributed by atoms with E-state index >= 15 is 0 Å². The fourth-order valence-electron chi connectivity index (χ4n) is 4.26. The molecule has 1 aliphatic rings. The summed E-state index contributed by atoms with van der Waals surface area (Å²) in [7, 11) is 0. The number of carbonyl (C=O) groups excluding carboxylic acids is 2. The largest absolute Gasteiger partial charge is 0.503 e. The molecule has 0 bridgehead atoms. The molecule has 1 amide bonds. The number of hydrogen-bond donors (Lipinski definition) is 1. The second-order valence-corrected chi connectivity index (χ2v) is 8.02. The van der Waals surface area contributed by atoms with Crippen molar-refractivity contribution in [3.8, 4) is 0 Å². The van der Waals surface area contributed by atoms with Gasteiger partial charge in [-0.2, -0.15) is 0 Å². The number of benzene rings is 2. The monoisotopic (exact) mass is 463 g/mol. The summed E-state index contributed by atoms with van der Waals surface area (Å²) in [6.07, 6.45) is 0. The number of para-hydroxylation sites is 1. The van der Waals surface area contributed by atoms with E-state index in [2.05, 4.69) is 4.90 Å². The fraction of sp³-hybridized carbons (Fsp3) is 0.280. The first-order chi connectivity index (χ1) is 16.3. The molecule has 9 nitrogen and oxygen atoms in total. The van der Waals surface area contributed by atoms with Crippen LogP contribution in [0.5, 0.6) is 0 Å². The van der Waals surface area contributed by atoms with E-state index in [0.29, 0.717) is 17.7 Å². The minimum absolute atomic E-state index is 0.00746. The first kappa shape index (κ1) is 23.2. The first-order valence-corrected chi connectivity index (χ1v) is 11.1. The van der Waals surface area contributed by atoms with Gasteiger partial charge in [0.25, 0.3) is 11.6 Å². The third-order valence-corrected chi connectivity index (χ3v) is 6.17. The van der Waals surface area contributed by atoms with Crippen molar-refractivity contribution in [1.29, 1.82) is 0 Å². The van der Waals surface area contributed by atoms with Gasteiger partial charge in [0, 0.05) is 30.6 Å². The molecule has 0 fully saturated rings. The van der Waals surface area contributed by atoms with Crippen molar-refractivity contribution in [2.45, 2.75) is 19.9 Å². The average molecular weight is 463 g/mol. The Kier molecular flexibility index (Phi) is 6.47. The van der Waals surface area contributed by atoms with Crippen LogP contribution in [0.2, 0.25) is 0 Å². The number of rotatable bonds is 9. The standard InChI is InChI=1S/C25H25N3O6/c1-3-26(4-2)13-14-27-22(16-9-11-18(12-10-16)28(32)33)21(24(30)25(27)31)23(29)20-15-17-7-5-6-8-19(17)34-20/h5-12,15,22,30H,3-4,13-14H2,1-2H3/t22-/m0/s1. The molecule has 4 rings (SSSR count). The number of furan rings is 1. The van der Waals surface area contributed by atoms with Gasteiger partial charge in [-0.05, 0) is 42.9 Å². The maximum absolute atomic E-state index is 13.5. The fourth-order valence-corrected chi connectivity index (χ4v) is 4.26. The van der Waals surface area contributed by atoms with Crippen LogP contribution in [0.15, 0.2) is 70.3 Å². The Bertz CT molecular complexity index is 1240. The third kappa shape index (κ3) is 4.17. The third-order valence-electron chi connectivity index (χ3n) is 6.17. The Morgan fingerprint density at radius 3 is 2.44 bits per heavy atom. The number of aliphatic hydroxyl groups is 1. The highest BCUT2D eigenvalue weighted by Gasteiger charge is 2.44. The van der Waals surface area contributed by atoms with E-state index in [-0.39, 0.29) is 23.6 Å². The molecule has 0 spiro atoms. The number of carbonyl (C=O) groups is 2. The second-order valence-electron chi connectivity index (χ2n) is 8.02. The van der Waals surface area contributed by atoms with Gasteiger partial charge < -0.3 is 19.3 Å². The Balaban J connectivity index is 1.75. The van der Waals surface area contributed by atoms with Crippen molar-refractivity contribution in [2.75, 3.05) is 26.2 Å². The molecule has 0 radical (unpaired) electrons. The van der Waals surface area contributed by atoms with Gasteiger partial charge in [0.05, 0.1) is 16.5 Å². The van der Waals surface area contributed by atoms with E-state index in [1.165, 1.54) is 29.2 Å². The number of nitrogens with zero attached hydrogens (tertiary/aromatic N) is 3. The highest BCUT2D eigenvalue weighted by Crippen LogP contribution is 2.40. The first-order valence-electron chi connectivity index (χ1n) is 11.1. The zero-order chi connectivity index (χ0) is 24.4. The lowest BCUT2D eigenvalue weighted by Crippen LogP contribution is -2.38. The Morgan fingerprint density at radius 2 is 1.82 bits per heavy atom. The van der Waals surface area contributed by atoms with E-state index < -0.39 is 28.4 Å². The zero-order valence-electron chi connectivity index (χ0n) is 18.9. The van der Waals surface area contributed by atoms with E-state index in [0.717, 1.165) is 18.5 Å². The number of ketones is 1. The maximum Gasteiger partial charge on any atom is 0.290 e. The van der Waals surface area contributed by atoms with Crippen LogP contribution in [0.25, 0.3) is 11.0 Å². The van der Waals surface area contributed by atoms with E-state index in [4.69, 9.17) is 4.42 Å². The van der Waals surface area contributed by atoms with Gasteiger partial charge in [0.1, 0.15) is 5.58 Å². The molecule has 0 saturated heterocycles. The molecule has 0 aliphatic carbocycles. The van der Waals surface area contributed by atoms with E-state index in [9.17, 15) is 24.8 Å². The number of Topliss-reactive ketones (excluding diaryl/α,β-unsaturated/α-hetero) is 1. The highest BCUT2D eigenvalue weighted by atomic mass is 16.6. The quantitative estimate of drug-likeness (QED) is 0.286. The molecule has 34 heavy (non-hydrogen) atoms. The van der Waals surface area contributed by atoms with E-state index in [1.54, 1.807) is 24.3 Å². The van der Waals surface area contributed by atoms with Gasteiger partial charge >= 0.3 is 0 Å². The molecule has 2 aromatic carbocycles. The van der Waals surface area contributed by atoms with Crippen LogP contribution in [0.4, 0.5) is 5.69 Å². The van der Waals surface area contributed by atoms with Crippen molar-refractivity contribution in [3.05, 3.63) is 87.4 Å². The van der Waals surface area contributed by atoms with Crippen molar-refractivity contribution in [3.63, 3.8) is 0 Å². The van der Waals surface area contributed by atoms with Gasteiger partial charge in [-0.3, -0.25) is 19.7 Å². The molecule has 0 saturated carbocycles. The molecule has 1 aromatic heterocycles. The van der Waals surface area contributed by atoms with Gasteiger partial charge in [-0.1, -0.05) is 32.0 Å². The number of amides is 1. The normalized spacial score (nSPS) is 16.1. The summed E-state index contributed by atoms with van der Waals surface area (Å²) >= 11 is 0. The van der Waals surface area contributed by atoms with Crippen molar-refractivity contribution >= 4 is 28.3 Å².